The number of carbonyl (C=O) groups excluding carboxylic acids is 12. The molecule has 12 amide bonds. The molecule has 604 valence electrons. The van der Waals surface area contributed by atoms with Crippen LogP contribution in [0.1, 0.15) is 197 Å². The third-order valence-corrected chi connectivity index (χ3v) is 24.4. The van der Waals surface area contributed by atoms with Crippen LogP contribution in [0.5, 0.6) is 0 Å². The summed E-state index contributed by atoms with van der Waals surface area (Å²) < 4.78 is 54.3. The molecule has 3 heterocycles. The quantitative estimate of drug-likeness (QED) is 0.164. The van der Waals surface area contributed by atoms with Crippen LogP contribution in [-0.2, 0) is 67.0 Å². The fourth-order valence-corrected chi connectivity index (χ4v) is 18.1. The van der Waals surface area contributed by atoms with E-state index in [9.17, 15) is 32.3 Å². The molecule has 26 nitrogen and oxygen atoms in total. The van der Waals surface area contributed by atoms with Crippen LogP contribution < -0.4 is 16.0 Å². The van der Waals surface area contributed by atoms with E-state index in [1.165, 1.54) is 95.6 Å². The highest BCUT2D eigenvalue weighted by molar-refractivity contribution is 6.01. The van der Waals surface area contributed by atoms with Crippen LogP contribution >= 0.6 is 0 Å². The van der Waals surface area contributed by atoms with Gasteiger partial charge >= 0.3 is 6.18 Å². The van der Waals surface area contributed by atoms with Gasteiger partial charge in [0.2, 0.25) is 70.9 Å². The normalized spacial score (nSPS) is 31.8. The Morgan fingerprint density at radius 2 is 1.31 bits per heavy atom. The summed E-state index contributed by atoms with van der Waals surface area (Å²) >= 11 is 0. The predicted molar refractivity (Wildman–Crippen MR) is 395 cm³/mol. The molecule has 2 saturated heterocycles. The van der Waals surface area contributed by atoms with Crippen LogP contribution in [0.25, 0.3) is 0 Å². The minimum absolute atomic E-state index is 0.00644. The molecule has 6 fully saturated rings. The standard InChI is InChI=1S/C78H127F3N12O14/c1-18-85(10)70(100)59-41-63(95)89(14)57(37-47(3)4)67(97)83-65(50(7)107-19-2)73(103)87(12)44-64(96)88(13)56-27-21-20-24-36-92(72(56)102)60(39-51-30-28-48(5)29-31-51)71(101)86(11)43-62(94)82-55(35-33-52-32-34-54(78(79,80)81)61(40-52)106-17)69(99)93-42-49(6)38-58(93)68(98)84-77(45-76(8,9)46-77)75(105)91(16)66(74(104)90(59)15)53-25-22-23-26-53/h20-21,47-61,65-66H,18-19,22-46H2,1-17H3,(H,82,94)(H,83,97)(H,84,98)/b21-20-/t48?,49-,50+,51?,52?,54?,55-,56-,57-,58-,59-,60-,61?,65-,66-/m0/s1. The molecule has 3 aliphatic heterocycles. The van der Waals surface area contributed by atoms with Gasteiger partial charge < -0.3 is 69.5 Å². The Morgan fingerprint density at radius 3 is 1.91 bits per heavy atom. The topological polar surface area (TPSA) is 289 Å². The van der Waals surface area contributed by atoms with Crippen LogP contribution in [0, 0.1) is 46.8 Å². The summed E-state index contributed by atoms with van der Waals surface area (Å²) in [5.41, 5.74) is -2.12. The van der Waals surface area contributed by atoms with E-state index < -0.39 is 180 Å². The molecule has 1 spiro atoms. The average Bonchev–Trinajstić information content (AvgIpc) is 1.46. The van der Waals surface area contributed by atoms with Crippen LogP contribution in [0.2, 0.25) is 0 Å². The predicted octanol–water partition coefficient (Wildman–Crippen LogP) is 6.17. The van der Waals surface area contributed by atoms with E-state index >= 15 is 38.4 Å². The van der Waals surface area contributed by atoms with Gasteiger partial charge in [-0.15, -0.1) is 0 Å². The summed E-state index contributed by atoms with van der Waals surface area (Å²) in [5.74, 6) is -10.4. The van der Waals surface area contributed by atoms with Crippen molar-refractivity contribution in [2.45, 2.75) is 269 Å². The molecule has 3 unspecified atom stereocenters. The summed E-state index contributed by atoms with van der Waals surface area (Å²) in [7, 11) is 11.3. The number of fused-ring (bicyclic) bond motifs is 3. The number of hydrogen-bond acceptors (Lipinski definition) is 14. The second kappa shape index (κ2) is 37.7. The first-order valence-corrected chi connectivity index (χ1v) is 39.4. The number of methoxy groups -OCH3 is 1. The molecule has 0 aromatic rings. The average molecular weight is 1510 g/mol. The summed E-state index contributed by atoms with van der Waals surface area (Å²) in [4.78, 5) is 194. The van der Waals surface area contributed by atoms with Gasteiger partial charge in [-0.1, -0.05) is 92.2 Å². The van der Waals surface area contributed by atoms with Crippen molar-refractivity contribution >= 4 is 70.9 Å². The van der Waals surface area contributed by atoms with E-state index in [-0.39, 0.29) is 121 Å². The number of nitrogens with one attached hydrogen (secondary N) is 3. The Balaban J connectivity index is 1.33. The number of hydrogen-bond donors (Lipinski definition) is 3. The number of alkyl halides is 3. The van der Waals surface area contributed by atoms with Gasteiger partial charge in [0, 0.05) is 82.7 Å². The van der Waals surface area contributed by atoms with E-state index in [4.69, 9.17) is 9.47 Å². The van der Waals surface area contributed by atoms with Gasteiger partial charge in [0.15, 0.2) is 0 Å². The molecular weight excluding hydrogens is 1390 g/mol. The van der Waals surface area contributed by atoms with Crippen molar-refractivity contribution in [3.63, 3.8) is 0 Å². The van der Waals surface area contributed by atoms with Crippen molar-refractivity contribution in [1.82, 2.24) is 60.0 Å². The largest absolute Gasteiger partial charge is 0.394 e. The van der Waals surface area contributed by atoms with E-state index in [1.54, 1.807) is 26.8 Å². The monoisotopic (exact) mass is 1510 g/mol. The lowest BCUT2D eigenvalue weighted by atomic mass is 9.58. The van der Waals surface area contributed by atoms with E-state index in [0.717, 1.165) is 43.4 Å². The van der Waals surface area contributed by atoms with Crippen LogP contribution in [-0.4, -0.2) is 283 Å². The second-order valence-corrected chi connectivity index (χ2v) is 33.8. The number of likely N-dealkylation sites (N-methyl/N-ethyl adjacent to an activating group) is 7. The van der Waals surface area contributed by atoms with Gasteiger partial charge in [0.25, 0.3) is 0 Å². The maximum absolute atomic E-state index is 15.8. The molecule has 0 aromatic carbocycles. The minimum Gasteiger partial charge on any atom is -0.381 e. The lowest BCUT2D eigenvalue weighted by molar-refractivity contribution is -0.215. The zero-order valence-corrected chi connectivity index (χ0v) is 66.9. The number of halogens is 3. The molecule has 0 aromatic heterocycles. The van der Waals surface area contributed by atoms with Gasteiger partial charge in [0.05, 0.1) is 37.6 Å². The molecule has 4 saturated carbocycles. The SMILES string of the molecule is CCO[C@H](C)[C@@H]1NC(=O)[C@H](CC(C)C)N(C)C(=O)C[C@@H](C(=O)N(C)CC)N(C)C(=O)[C@H](C2CCCC2)N(C)C(=O)C2(CC(C)(C)C2)NC(=O)[C@@H]2C[C@H](C)CN2C(=O)[C@H](CCC2CCC(C(F)(F)F)C(OC)C2)NC(=O)CN(C)C(=O)[C@H](CC2CCC(C)CC2)N2CC/C=C\C[C@@H](C2=O)N(C)C(=O)CN(C)C1=O. The Kier molecular flexibility index (Phi) is 30.7. The van der Waals surface area contributed by atoms with Gasteiger partial charge in [0.1, 0.15) is 53.9 Å². The molecule has 4 aliphatic carbocycles. The van der Waals surface area contributed by atoms with Crippen LogP contribution in [0.3, 0.4) is 0 Å². The van der Waals surface area contributed by atoms with Crippen molar-refractivity contribution < 1.29 is 80.2 Å². The van der Waals surface area contributed by atoms with Gasteiger partial charge in [-0.05, 0) is 152 Å². The molecule has 0 radical (unpaired) electrons. The maximum Gasteiger partial charge on any atom is 0.394 e. The first-order valence-electron chi connectivity index (χ1n) is 39.4. The van der Waals surface area contributed by atoms with Crippen molar-refractivity contribution in [3.8, 4) is 0 Å². The highest BCUT2D eigenvalue weighted by Crippen LogP contribution is 2.50. The smallest absolute Gasteiger partial charge is 0.381 e. The van der Waals surface area contributed by atoms with E-state index in [1.807, 2.05) is 40.7 Å². The molecule has 7 rings (SSSR count). The van der Waals surface area contributed by atoms with Crippen molar-refractivity contribution in [2.75, 3.05) is 95.8 Å². The summed E-state index contributed by atoms with van der Waals surface area (Å²) in [5, 5.41) is 8.85. The first-order chi connectivity index (χ1) is 50.2. The van der Waals surface area contributed by atoms with Crippen LogP contribution in [0.4, 0.5) is 13.2 Å². The van der Waals surface area contributed by atoms with Gasteiger partial charge in [-0.2, -0.15) is 13.2 Å². The van der Waals surface area contributed by atoms with E-state index in [2.05, 4.69) is 22.9 Å². The first kappa shape index (κ1) is 87.3. The maximum atomic E-state index is 15.8. The van der Waals surface area contributed by atoms with Crippen molar-refractivity contribution in [1.29, 1.82) is 0 Å². The minimum atomic E-state index is -4.51. The third-order valence-electron chi connectivity index (χ3n) is 24.4. The Labute approximate surface area is 632 Å². The van der Waals surface area contributed by atoms with Gasteiger partial charge in [-0.25, -0.2) is 0 Å². The molecular formula is C78H127F3N12O14. The highest BCUT2D eigenvalue weighted by atomic mass is 19.4. The summed E-state index contributed by atoms with van der Waals surface area (Å²) in [6.07, 6.45) is 3.35. The zero-order valence-electron chi connectivity index (χ0n) is 66.9. The van der Waals surface area contributed by atoms with Gasteiger partial charge in [-0.3, -0.25) is 57.5 Å². The molecule has 107 heavy (non-hydrogen) atoms. The summed E-state index contributed by atoms with van der Waals surface area (Å²) in [6.45, 7) is 15.9. The zero-order chi connectivity index (χ0) is 79.5. The molecule has 29 heteroatoms. The lowest BCUT2D eigenvalue weighted by Crippen LogP contribution is -2.71. The second-order valence-electron chi connectivity index (χ2n) is 33.8. The fraction of sp³-hybridized carbons (Fsp3) is 0.821. The number of rotatable bonds is 14. The molecule has 3 N–H and O–H groups in total. The number of ether oxygens (including phenoxy) is 2. The molecule has 2 bridgehead atoms. The fourth-order valence-electron chi connectivity index (χ4n) is 18.1. The Hall–Kier alpha value is -6.91. The number of amides is 12. The van der Waals surface area contributed by atoms with Crippen molar-refractivity contribution in [3.05, 3.63) is 12.2 Å². The van der Waals surface area contributed by atoms with E-state index in [0.29, 0.717) is 25.2 Å². The van der Waals surface area contributed by atoms with Crippen LogP contribution in [0.15, 0.2) is 12.2 Å². The van der Waals surface area contributed by atoms with Crippen molar-refractivity contribution in [2.24, 2.45) is 46.8 Å². The molecule has 7 aliphatic rings. The third kappa shape index (κ3) is 21.6. The highest BCUT2D eigenvalue weighted by Gasteiger charge is 2.59. The molecule has 13 atom stereocenters. The summed E-state index contributed by atoms with van der Waals surface area (Å²) in [6, 6.07) is -10.2. The Bertz CT molecular complexity index is 3190. The number of nitrogens with zero attached hydrogens (tertiary/aromatic N) is 9. The number of carbonyl (C=O) groups is 12. The Morgan fingerprint density at radius 1 is 0.673 bits per heavy atom. The lowest BCUT2D eigenvalue weighted by Gasteiger charge is -2.54.